The van der Waals surface area contributed by atoms with Gasteiger partial charge >= 0.3 is 0 Å². The van der Waals surface area contributed by atoms with E-state index >= 15 is 0 Å². The van der Waals surface area contributed by atoms with Crippen molar-refractivity contribution in [3.63, 3.8) is 0 Å². The molecule has 0 aliphatic heterocycles. The Kier molecular flexibility index (Phi) is 7.60. The van der Waals surface area contributed by atoms with Crippen molar-refractivity contribution in [3.8, 4) is 0 Å². The van der Waals surface area contributed by atoms with Crippen LogP contribution in [0.1, 0.15) is 121 Å². The van der Waals surface area contributed by atoms with Crippen LogP contribution in [0.25, 0.3) is 0 Å². The highest BCUT2D eigenvalue weighted by Crippen LogP contribution is 2.40. The van der Waals surface area contributed by atoms with Crippen LogP contribution in [0, 0.1) is 31.6 Å². The maximum atomic E-state index is 6.57. The van der Waals surface area contributed by atoms with E-state index in [1.54, 1.807) is 0 Å². The summed E-state index contributed by atoms with van der Waals surface area (Å²) in [6.45, 7) is 30.2. The molecule has 0 heterocycles. The molecule has 2 aromatic carbocycles. The molecule has 0 amide bonds. The van der Waals surface area contributed by atoms with Gasteiger partial charge in [0.05, 0.1) is 0 Å². The van der Waals surface area contributed by atoms with Gasteiger partial charge in [0, 0.05) is 5.69 Å². The van der Waals surface area contributed by atoms with E-state index in [0.717, 1.165) is 24.9 Å². The van der Waals surface area contributed by atoms with E-state index in [4.69, 9.17) is 5.73 Å². The average molecular weight is 450 g/mol. The average Bonchev–Trinajstić information content (AvgIpc) is 2.58. The first kappa shape index (κ1) is 27.5. The van der Waals surface area contributed by atoms with Crippen molar-refractivity contribution >= 4 is 5.69 Å². The van der Waals surface area contributed by atoms with Gasteiger partial charge in [0.15, 0.2) is 0 Å². The van der Waals surface area contributed by atoms with Gasteiger partial charge in [-0.25, -0.2) is 0 Å². The fraction of sp³-hybridized carbons (Fsp3) is 0.625. The van der Waals surface area contributed by atoms with Crippen LogP contribution in [0.15, 0.2) is 24.3 Å². The zero-order valence-electron chi connectivity index (χ0n) is 24.0. The molecule has 0 fully saturated rings. The Morgan fingerprint density at radius 1 is 0.576 bits per heavy atom. The maximum Gasteiger partial charge on any atom is 0.0349 e. The van der Waals surface area contributed by atoms with Gasteiger partial charge in [0.1, 0.15) is 0 Å². The van der Waals surface area contributed by atoms with Crippen LogP contribution < -0.4 is 5.73 Å². The Bertz CT molecular complexity index is 909. The zero-order valence-corrected chi connectivity index (χ0v) is 24.0. The first-order valence-corrected chi connectivity index (χ1v) is 12.7. The Labute approximate surface area is 205 Å². The molecule has 1 heteroatoms. The molecule has 0 aliphatic carbocycles. The summed E-state index contributed by atoms with van der Waals surface area (Å²) in [5, 5.41) is 0. The summed E-state index contributed by atoms with van der Waals surface area (Å²) < 4.78 is 0. The van der Waals surface area contributed by atoms with Gasteiger partial charge in [0.2, 0.25) is 0 Å². The number of anilines is 1. The van der Waals surface area contributed by atoms with Gasteiger partial charge in [-0.1, -0.05) is 87.4 Å². The zero-order chi connectivity index (χ0) is 25.6. The third kappa shape index (κ3) is 7.11. The van der Waals surface area contributed by atoms with E-state index in [1.807, 2.05) is 0 Å². The number of hydrogen-bond donors (Lipinski definition) is 1. The minimum atomic E-state index is 0.0797. The standard InChI is InChI=1S/C32H51N/c1-21-14-26(31(10,11)19-29(4,5)6)16-24(22(21)2)15-25-17-27(18-28(33)23(25)3)32(12,13)20-30(7,8)9/h14,16-18H,15,19-20,33H2,1-13H3. The molecule has 1 nitrogen and oxygen atoms in total. The third-order valence-corrected chi connectivity index (χ3v) is 7.22. The number of nitrogens with two attached hydrogens (primary N) is 1. The minimum absolute atomic E-state index is 0.0797. The molecule has 0 radical (unpaired) electrons. The molecular formula is C32H51N. The second-order valence-corrected chi connectivity index (χ2v) is 14.3. The van der Waals surface area contributed by atoms with Crippen LogP contribution in [0.2, 0.25) is 0 Å². The Balaban J connectivity index is 2.55. The van der Waals surface area contributed by atoms with E-state index < -0.39 is 0 Å². The largest absolute Gasteiger partial charge is 0.398 e. The van der Waals surface area contributed by atoms with E-state index in [2.05, 4.69) is 114 Å². The monoisotopic (exact) mass is 449 g/mol. The fourth-order valence-electron chi connectivity index (χ4n) is 5.94. The highest BCUT2D eigenvalue weighted by molar-refractivity contribution is 5.56. The molecule has 0 bridgehead atoms. The van der Waals surface area contributed by atoms with Crippen molar-refractivity contribution in [1.29, 1.82) is 0 Å². The van der Waals surface area contributed by atoms with Crippen LogP contribution >= 0.6 is 0 Å². The first-order chi connectivity index (χ1) is 14.7. The van der Waals surface area contributed by atoms with Crippen LogP contribution in [0.3, 0.4) is 0 Å². The molecule has 0 unspecified atom stereocenters. The van der Waals surface area contributed by atoms with Gasteiger partial charge in [-0.05, 0) is 107 Å². The molecule has 2 aromatic rings. The lowest BCUT2D eigenvalue weighted by molar-refractivity contribution is 0.283. The summed E-state index contributed by atoms with van der Waals surface area (Å²) in [7, 11) is 0. The van der Waals surface area contributed by atoms with Crippen LogP contribution in [-0.4, -0.2) is 0 Å². The third-order valence-electron chi connectivity index (χ3n) is 7.22. The van der Waals surface area contributed by atoms with Crippen molar-refractivity contribution < 1.29 is 0 Å². The van der Waals surface area contributed by atoms with E-state index in [-0.39, 0.29) is 16.2 Å². The molecule has 0 saturated carbocycles. The Morgan fingerprint density at radius 3 is 1.39 bits per heavy atom. The second-order valence-electron chi connectivity index (χ2n) is 14.3. The molecule has 33 heavy (non-hydrogen) atoms. The van der Waals surface area contributed by atoms with Crippen LogP contribution in [0.5, 0.6) is 0 Å². The van der Waals surface area contributed by atoms with Crippen LogP contribution in [-0.2, 0) is 17.3 Å². The van der Waals surface area contributed by atoms with E-state index in [1.165, 1.54) is 38.9 Å². The van der Waals surface area contributed by atoms with Gasteiger partial charge in [0.25, 0.3) is 0 Å². The lowest BCUT2D eigenvalue weighted by Crippen LogP contribution is -2.25. The second kappa shape index (κ2) is 9.12. The van der Waals surface area contributed by atoms with Crippen LogP contribution in [0.4, 0.5) is 5.69 Å². The number of hydrogen-bond acceptors (Lipinski definition) is 1. The molecule has 0 atom stereocenters. The number of nitrogen functional groups attached to an aromatic ring is 1. The lowest BCUT2D eigenvalue weighted by atomic mass is 9.71. The molecule has 0 aliphatic rings. The van der Waals surface area contributed by atoms with Crippen molar-refractivity contribution in [2.75, 3.05) is 5.73 Å². The van der Waals surface area contributed by atoms with E-state index in [9.17, 15) is 0 Å². The summed E-state index contributed by atoms with van der Waals surface area (Å²) in [5.74, 6) is 0. The normalized spacial score (nSPS) is 13.5. The maximum absolute atomic E-state index is 6.57. The summed E-state index contributed by atoms with van der Waals surface area (Å²) in [4.78, 5) is 0. The predicted octanol–water partition coefficient (Wildman–Crippen LogP) is 9.21. The summed E-state index contributed by atoms with van der Waals surface area (Å²) >= 11 is 0. The highest BCUT2D eigenvalue weighted by atomic mass is 14.6. The fourth-order valence-corrected chi connectivity index (χ4v) is 5.94. The van der Waals surface area contributed by atoms with Crippen molar-refractivity contribution in [2.24, 2.45) is 10.8 Å². The Morgan fingerprint density at radius 2 is 0.970 bits per heavy atom. The van der Waals surface area contributed by atoms with Gasteiger partial charge in [-0.2, -0.15) is 0 Å². The Hall–Kier alpha value is -1.76. The molecule has 2 rings (SSSR count). The van der Waals surface area contributed by atoms with Gasteiger partial charge in [-0.3, -0.25) is 0 Å². The lowest BCUT2D eigenvalue weighted by Gasteiger charge is -2.34. The van der Waals surface area contributed by atoms with E-state index in [0.29, 0.717) is 5.41 Å². The molecule has 2 N–H and O–H groups in total. The molecular weight excluding hydrogens is 398 g/mol. The molecule has 0 aromatic heterocycles. The highest BCUT2D eigenvalue weighted by Gasteiger charge is 2.30. The topological polar surface area (TPSA) is 26.0 Å². The number of rotatable bonds is 6. The minimum Gasteiger partial charge on any atom is -0.398 e. The number of benzene rings is 2. The smallest absolute Gasteiger partial charge is 0.0349 e. The van der Waals surface area contributed by atoms with Crippen molar-refractivity contribution in [2.45, 2.75) is 120 Å². The quantitative estimate of drug-likeness (QED) is 0.437. The number of aryl methyl sites for hydroxylation is 1. The molecule has 0 spiro atoms. The van der Waals surface area contributed by atoms with Crippen molar-refractivity contribution in [3.05, 3.63) is 63.2 Å². The SMILES string of the molecule is Cc1cc(C(C)(C)CC(C)(C)C)cc(Cc2cc(C(C)(C)CC(C)(C)C)cc(N)c2C)c1C. The molecule has 0 saturated heterocycles. The summed E-state index contributed by atoms with van der Waals surface area (Å²) in [5.41, 5.74) is 17.9. The van der Waals surface area contributed by atoms with Gasteiger partial charge < -0.3 is 5.73 Å². The predicted molar refractivity (Wildman–Crippen MR) is 149 cm³/mol. The van der Waals surface area contributed by atoms with Gasteiger partial charge in [-0.15, -0.1) is 0 Å². The van der Waals surface area contributed by atoms with Crippen molar-refractivity contribution in [1.82, 2.24) is 0 Å². The molecule has 184 valence electrons. The first-order valence-electron chi connectivity index (χ1n) is 12.7. The summed E-state index contributed by atoms with van der Waals surface area (Å²) in [6.07, 6.45) is 3.21. The summed E-state index contributed by atoms with van der Waals surface area (Å²) in [6, 6.07) is 9.52.